The molecule has 1 aliphatic rings. The second kappa shape index (κ2) is 11.3. The Bertz CT molecular complexity index is 882. The molecule has 1 aromatic heterocycles. The highest BCUT2D eigenvalue weighted by molar-refractivity contribution is 6.30. The molecular weight excluding hydrogens is 419 g/mol. The summed E-state index contributed by atoms with van der Waals surface area (Å²) in [6, 6.07) is 5.92. The van der Waals surface area contributed by atoms with Crippen LogP contribution in [0.2, 0.25) is 5.02 Å². The van der Waals surface area contributed by atoms with Crippen LogP contribution in [0.25, 0.3) is 0 Å². The predicted molar refractivity (Wildman–Crippen MR) is 120 cm³/mol. The van der Waals surface area contributed by atoms with E-state index in [4.69, 9.17) is 16.3 Å². The maximum absolute atomic E-state index is 13.4. The largest absolute Gasteiger partial charge is 0.439 e. The highest BCUT2D eigenvalue weighted by atomic mass is 35.5. The van der Waals surface area contributed by atoms with Crippen molar-refractivity contribution in [3.8, 4) is 11.6 Å². The predicted octanol–water partition coefficient (Wildman–Crippen LogP) is 5.32. The molecule has 1 fully saturated rings. The number of benzene rings is 1. The van der Waals surface area contributed by atoms with Gasteiger partial charge in [0.2, 0.25) is 11.8 Å². The van der Waals surface area contributed by atoms with Crippen LogP contribution in [-0.4, -0.2) is 47.0 Å². The van der Waals surface area contributed by atoms with Gasteiger partial charge >= 0.3 is 0 Å². The van der Waals surface area contributed by atoms with Crippen molar-refractivity contribution in [3.05, 3.63) is 41.4 Å². The molecule has 2 heterocycles. The van der Waals surface area contributed by atoms with Crippen molar-refractivity contribution in [2.75, 3.05) is 31.1 Å². The van der Waals surface area contributed by atoms with Gasteiger partial charge in [0.15, 0.2) is 0 Å². The molecule has 1 amide bonds. The van der Waals surface area contributed by atoms with Gasteiger partial charge in [-0.3, -0.25) is 4.79 Å². The first-order valence-corrected chi connectivity index (χ1v) is 11.4. The van der Waals surface area contributed by atoms with Crippen LogP contribution < -0.4 is 9.64 Å². The Hall–Kier alpha value is -2.41. The molecule has 0 radical (unpaired) electrons. The zero-order valence-electron chi connectivity index (χ0n) is 18.2. The third-order valence-electron chi connectivity index (χ3n) is 5.62. The molecule has 1 saturated heterocycles. The summed E-state index contributed by atoms with van der Waals surface area (Å²) < 4.78 is 19.1. The Morgan fingerprint density at radius 3 is 2.77 bits per heavy atom. The molecule has 6 nitrogen and oxygen atoms in total. The van der Waals surface area contributed by atoms with Gasteiger partial charge in [0, 0.05) is 44.2 Å². The lowest BCUT2D eigenvalue weighted by atomic mass is 9.97. The molecule has 168 valence electrons. The van der Waals surface area contributed by atoms with E-state index in [0.717, 1.165) is 51.0 Å². The van der Waals surface area contributed by atoms with E-state index in [-0.39, 0.29) is 16.8 Å². The molecule has 0 N–H and O–H groups in total. The number of halogens is 2. The van der Waals surface area contributed by atoms with Crippen LogP contribution in [0.5, 0.6) is 11.6 Å². The Morgan fingerprint density at radius 2 is 2.03 bits per heavy atom. The van der Waals surface area contributed by atoms with Crippen molar-refractivity contribution in [2.24, 2.45) is 5.92 Å². The van der Waals surface area contributed by atoms with Gasteiger partial charge in [-0.05, 0) is 31.4 Å². The van der Waals surface area contributed by atoms with E-state index in [1.807, 2.05) is 4.90 Å². The normalized spacial score (nSPS) is 15.5. The molecule has 3 rings (SSSR count). The van der Waals surface area contributed by atoms with Crippen molar-refractivity contribution < 1.29 is 13.9 Å². The van der Waals surface area contributed by atoms with Crippen LogP contribution in [0.15, 0.2) is 30.6 Å². The van der Waals surface area contributed by atoms with Gasteiger partial charge < -0.3 is 14.5 Å². The van der Waals surface area contributed by atoms with Crippen molar-refractivity contribution in [3.63, 3.8) is 0 Å². The number of hydrogen-bond acceptors (Lipinski definition) is 5. The van der Waals surface area contributed by atoms with Gasteiger partial charge in [-0.15, -0.1) is 0 Å². The number of carbonyl (C=O) groups excluding carboxylic acids is 1. The van der Waals surface area contributed by atoms with Crippen LogP contribution in [0.1, 0.15) is 46.0 Å². The Labute approximate surface area is 188 Å². The van der Waals surface area contributed by atoms with E-state index in [2.05, 4.69) is 28.7 Å². The lowest BCUT2D eigenvalue weighted by Crippen LogP contribution is -2.39. The minimum atomic E-state index is -0.499. The molecule has 0 unspecified atom stereocenters. The van der Waals surface area contributed by atoms with Gasteiger partial charge in [0.05, 0.1) is 5.02 Å². The summed E-state index contributed by atoms with van der Waals surface area (Å²) in [5.74, 6) is 1.40. The van der Waals surface area contributed by atoms with E-state index >= 15 is 0 Å². The fourth-order valence-electron chi connectivity index (χ4n) is 3.80. The van der Waals surface area contributed by atoms with Gasteiger partial charge in [0.25, 0.3) is 0 Å². The van der Waals surface area contributed by atoms with E-state index < -0.39 is 5.82 Å². The summed E-state index contributed by atoms with van der Waals surface area (Å²) in [5.41, 5.74) is 0. The first-order valence-electron chi connectivity index (χ1n) is 11.0. The number of nitrogens with zero attached hydrogens (tertiary/aromatic N) is 4. The zero-order valence-corrected chi connectivity index (χ0v) is 18.9. The number of unbranched alkanes of at least 4 members (excludes halogenated alkanes) is 1. The van der Waals surface area contributed by atoms with Gasteiger partial charge in [-0.2, -0.15) is 0 Å². The first-order chi connectivity index (χ1) is 15.0. The van der Waals surface area contributed by atoms with Gasteiger partial charge in [0.1, 0.15) is 23.7 Å². The molecule has 0 aliphatic carbocycles. The van der Waals surface area contributed by atoms with Crippen LogP contribution in [0, 0.1) is 11.7 Å². The van der Waals surface area contributed by atoms with E-state index in [9.17, 15) is 9.18 Å². The van der Waals surface area contributed by atoms with Crippen molar-refractivity contribution in [1.29, 1.82) is 0 Å². The second-order valence-electron chi connectivity index (χ2n) is 7.81. The van der Waals surface area contributed by atoms with Crippen molar-refractivity contribution >= 4 is 23.3 Å². The number of hydrogen-bond donors (Lipinski definition) is 0. The highest BCUT2D eigenvalue weighted by Gasteiger charge is 2.25. The third-order valence-corrected chi connectivity index (χ3v) is 5.91. The number of carbonyl (C=O) groups is 1. The van der Waals surface area contributed by atoms with Crippen LogP contribution in [-0.2, 0) is 4.79 Å². The lowest BCUT2D eigenvalue weighted by Gasteiger charge is -2.26. The summed E-state index contributed by atoms with van der Waals surface area (Å²) >= 11 is 5.82. The smallest absolute Gasteiger partial charge is 0.225 e. The van der Waals surface area contributed by atoms with Crippen LogP contribution in [0.3, 0.4) is 0 Å². The standard InChI is InChI=1S/C23H30ClFN4O2/c1-3-5-7-17(4-2)23(30)29-11-6-10-28(12-13-29)21-15-22(27-16-26-21)31-18-8-9-20(25)19(24)14-18/h8-9,14-17H,3-7,10-13H2,1-2H3/t17-/m0/s1. The SMILES string of the molecule is CCCC[C@H](CC)C(=O)N1CCCN(c2cc(Oc3ccc(F)c(Cl)c3)ncn2)CC1. The van der Waals surface area contributed by atoms with E-state index in [0.29, 0.717) is 24.7 Å². The average Bonchev–Trinajstić information content (AvgIpc) is 3.03. The van der Waals surface area contributed by atoms with Crippen molar-refractivity contribution in [2.45, 2.75) is 46.0 Å². The number of anilines is 1. The molecule has 2 aromatic rings. The molecule has 31 heavy (non-hydrogen) atoms. The van der Waals surface area contributed by atoms with E-state index in [1.54, 1.807) is 6.07 Å². The zero-order chi connectivity index (χ0) is 22.2. The van der Waals surface area contributed by atoms with E-state index in [1.165, 1.54) is 24.5 Å². The minimum Gasteiger partial charge on any atom is -0.439 e. The van der Waals surface area contributed by atoms with Crippen LogP contribution in [0.4, 0.5) is 10.2 Å². The quantitative estimate of drug-likeness (QED) is 0.547. The first kappa shape index (κ1) is 23.3. The second-order valence-corrected chi connectivity index (χ2v) is 8.21. The monoisotopic (exact) mass is 448 g/mol. The maximum Gasteiger partial charge on any atom is 0.225 e. The summed E-state index contributed by atoms with van der Waals surface area (Å²) in [5, 5.41) is -0.00613. The highest BCUT2D eigenvalue weighted by Crippen LogP contribution is 2.27. The minimum absolute atomic E-state index is 0.00613. The summed E-state index contributed by atoms with van der Waals surface area (Å²) in [6.07, 6.45) is 6.38. The molecule has 0 saturated carbocycles. The molecule has 8 heteroatoms. The third kappa shape index (κ3) is 6.29. The Balaban J connectivity index is 1.64. The molecule has 1 aliphatic heterocycles. The maximum atomic E-state index is 13.4. The molecular formula is C23H30ClFN4O2. The Morgan fingerprint density at radius 1 is 1.19 bits per heavy atom. The van der Waals surface area contributed by atoms with Gasteiger partial charge in [-0.25, -0.2) is 14.4 Å². The summed E-state index contributed by atoms with van der Waals surface area (Å²) in [7, 11) is 0. The fourth-order valence-corrected chi connectivity index (χ4v) is 3.97. The number of ether oxygens (including phenoxy) is 1. The Kier molecular flexibility index (Phi) is 8.46. The fraction of sp³-hybridized carbons (Fsp3) is 0.522. The molecule has 0 bridgehead atoms. The van der Waals surface area contributed by atoms with Crippen LogP contribution >= 0.6 is 11.6 Å². The summed E-state index contributed by atoms with van der Waals surface area (Å²) in [6.45, 7) is 7.20. The number of rotatable bonds is 8. The number of aromatic nitrogens is 2. The lowest BCUT2D eigenvalue weighted by molar-refractivity contribution is -0.135. The average molecular weight is 449 g/mol. The van der Waals surface area contributed by atoms with Crippen molar-refractivity contribution in [1.82, 2.24) is 14.9 Å². The topological polar surface area (TPSA) is 58.6 Å². The molecule has 1 aromatic carbocycles. The molecule has 0 spiro atoms. The van der Waals surface area contributed by atoms with Gasteiger partial charge in [-0.1, -0.05) is 38.3 Å². The summed E-state index contributed by atoms with van der Waals surface area (Å²) in [4.78, 5) is 25.6. The molecule has 1 atom stereocenters. The number of amides is 1.